The molecular weight excluding hydrogens is 763 g/mol. The first-order chi connectivity index (χ1) is 28.3. The molecule has 0 unspecified atom stereocenters. The van der Waals surface area contributed by atoms with Gasteiger partial charge in [0.15, 0.2) is 22.5 Å². The zero-order chi connectivity index (χ0) is 41.2. The van der Waals surface area contributed by atoms with Crippen LogP contribution in [0.15, 0.2) is 42.6 Å². The smallest absolute Gasteiger partial charge is 0.355 e. The first-order valence-electron chi connectivity index (χ1n) is 21.1. The molecule has 1 aromatic carbocycles. The van der Waals surface area contributed by atoms with Crippen molar-refractivity contribution in [3.8, 4) is 11.1 Å². The first kappa shape index (κ1) is 39.9. The number of pyridine rings is 1. The molecule has 10 rings (SSSR count). The fourth-order valence-corrected chi connectivity index (χ4v) is 13.1. The van der Waals surface area contributed by atoms with Crippen LogP contribution in [-0.2, 0) is 22.4 Å². The fraction of sp³-hybridized carbons (Fsp3) is 0.556. The molecule has 1 aliphatic heterocycles. The maximum absolute atomic E-state index is 13.0. The van der Waals surface area contributed by atoms with Crippen LogP contribution in [0.5, 0.6) is 0 Å². The van der Waals surface area contributed by atoms with E-state index in [0.717, 1.165) is 122 Å². The third-order valence-corrected chi connectivity index (χ3v) is 14.5. The number of thiazole rings is 1. The van der Waals surface area contributed by atoms with Gasteiger partial charge < -0.3 is 29.7 Å². The first-order valence-corrected chi connectivity index (χ1v) is 22.0. The van der Waals surface area contributed by atoms with Crippen molar-refractivity contribution in [3.63, 3.8) is 0 Å². The fourth-order valence-electron chi connectivity index (χ4n) is 12.3. The molecule has 0 radical (unpaired) electrons. The minimum Gasteiger partial charge on any atom is -0.476 e. The highest BCUT2D eigenvalue weighted by Gasteiger charge is 2.66. The van der Waals surface area contributed by atoms with Gasteiger partial charge in [-0.05, 0) is 119 Å². The van der Waals surface area contributed by atoms with Crippen LogP contribution in [0.4, 0.5) is 22.6 Å². The van der Waals surface area contributed by atoms with Gasteiger partial charge in [0, 0.05) is 67.8 Å². The molecule has 5 heterocycles. The number of fused-ring (bicyclic) bond motifs is 2. The number of aromatic nitrogens is 6. The van der Waals surface area contributed by atoms with E-state index in [0.29, 0.717) is 29.6 Å². The second kappa shape index (κ2) is 15.2. The van der Waals surface area contributed by atoms with Gasteiger partial charge in [0.1, 0.15) is 5.82 Å². The topological polar surface area (TPSA) is 144 Å². The third-order valence-electron chi connectivity index (χ3n) is 13.6. The lowest BCUT2D eigenvalue weighted by Crippen LogP contribution is -2.64. The number of ether oxygens (including phenoxy) is 2. The van der Waals surface area contributed by atoms with E-state index in [1.165, 1.54) is 6.42 Å². The van der Waals surface area contributed by atoms with Crippen LogP contribution >= 0.6 is 11.3 Å². The van der Waals surface area contributed by atoms with Gasteiger partial charge in [-0.25, -0.2) is 14.8 Å². The molecule has 312 valence electrons. The van der Waals surface area contributed by atoms with Crippen LogP contribution in [0.1, 0.15) is 92.5 Å². The Balaban J connectivity index is 0.948. The van der Waals surface area contributed by atoms with Crippen LogP contribution in [0, 0.1) is 30.1 Å². The molecule has 5 aromatic rings. The van der Waals surface area contributed by atoms with E-state index < -0.39 is 5.97 Å². The number of hydrogen-bond donors (Lipinski definition) is 2. The van der Waals surface area contributed by atoms with Crippen molar-refractivity contribution in [2.24, 2.45) is 16.2 Å². The van der Waals surface area contributed by atoms with Crippen molar-refractivity contribution in [1.82, 2.24) is 34.8 Å². The summed E-state index contributed by atoms with van der Waals surface area (Å²) in [6, 6.07) is 11.9. The highest BCUT2D eigenvalue weighted by molar-refractivity contribution is 7.22. The third kappa shape index (κ3) is 7.62. The van der Waals surface area contributed by atoms with Crippen LogP contribution < -0.4 is 10.2 Å². The maximum Gasteiger partial charge on any atom is 0.355 e. The average Bonchev–Trinajstić information content (AvgIpc) is 3.75. The predicted octanol–water partition coefficient (Wildman–Crippen LogP) is 8.59. The van der Waals surface area contributed by atoms with Crippen molar-refractivity contribution in [1.29, 1.82) is 0 Å². The number of methoxy groups -OCH3 is 1. The lowest BCUT2D eigenvalue weighted by atomic mass is 9.39. The molecule has 4 bridgehead atoms. The van der Waals surface area contributed by atoms with E-state index in [2.05, 4.69) is 65.9 Å². The standard InChI is InChI=1S/C45H57N9O4S/c1-29-31-11-9-17-53(39(31)51-50-38(29)49-41-47-34-12-7-8-13-35(34)59-41)36-15-14-32(37(48-36)40(55)56)33-21-46-54(30(33)2)28-44-23-42(3)22-43(4,24-44)26-45(25-42,27-44)58-20-18-52(5)16-10-19-57-6/h7-8,12-15,21H,9-11,16-20,22-28H2,1-6H3,(H,55,56)(H,47,49,50)/t42-,43+,44+,45-. The number of para-hydroxylation sites is 1. The van der Waals surface area contributed by atoms with Gasteiger partial charge in [0.25, 0.3) is 0 Å². The monoisotopic (exact) mass is 819 g/mol. The zero-order valence-corrected chi connectivity index (χ0v) is 36.1. The van der Waals surface area contributed by atoms with Gasteiger partial charge >= 0.3 is 5.97 Å². The summed E-state index contributed by atoms with van der Waals surface area (Å²) >= 11 is 1.58. The molecule has 13 nitrogen and oxygen atoms in total. The van der Waals surface area contributed by atoms with Crippen molar-refractivity contribution < 1.29 is 19.4 Å². The van der Waals surface area contributed by atoms with E-state index in [4.69, 9.17) is 24.5 Å². The molecule has 14 heteroatoms. The van der Waals surface area contributed by atoms with Crippen molar-refractivity contribution >= 4 is 50.1 Å². The highest BCUT2D eigenvalue weighted by Crippen LogP contribution is 2.72. The molecule has 4 fully saturated rings. The number of hydrogen-bond acceptors (Lipinski definition) is 12. The van der Waals surface area contributed by atoms with Crippen LogP contribution in [0.25, 0.3) is 21.3 Å². The zero-order valence-electron chi connectivity index (χ0n) is 35.3. The van der Waals surface area contributed by atoms with Crippen LogP contribution in [-0.4, -0.2) is 98.5 Å². The number of aromatic carboxylic acids is 1. The van der Waals surface area contributed by atoms with Crippen molar-refractivity contribution in [3.05, 3.63) is 65.1 Å². The number of carboxylic acid groups (broad SMARTS) is 1. The van der Waals surface area contributed by atoms with Gasteiger partial charge in [-0.15, -0.1) is 10.2 Å². The number of nitrogens with one attached hydrogen (secondary N) is 1. The van der Waals surface area contributed by atoms with Gasteiger partial charge in [-0.2, -0.15) is 5.10 Å². The quantitative estimate of drug-likeness (QED) is 0.0977. The summed E-state index contributed by atoms with van der Waals surface area (Å²) in [6.07, 6.45) is 11.4. The maximum atomic E-state index is 13.0. The van der Waals surface area contributed by atoms with Crippen molar-refractivity contribution in [2.45, 2.75) is 97.6 Å². The number of likely N-dealkylation sites (N-methyl/N-ethyl adjacent to an activating group) is 1. The second-order valence-corrected chi connectivity index (χ2v) is 19.9. The molecule has 4 saturated carbocycles. The number of rotatable bonds is 15. The van der Waals surface area contributed by atoms with Crippen molar-refractivity contribution in [2.75, 3.05) is 57.2 Å². The van der Waals surface area contributed by atoms with Crippen LogP contribution in [0.3, 0.4) is 0 Å². The average molecular weight is 820 g/mol. The molecule has 0 spiro atoms. The molecule has 4 aromatic heterocycles. The molecule has 4 atom stereocenters. The molecule has 5 aliphatic rings. The summed E-state index contributed by atoms with van der Waals surface area (Å²) in [4.78, 5) is 26.8. The molecule has 59 heavy (non-hydrogen) atoms. The number of anilines is 4. The van der Waals surface area contributed by atoms with Gasteiger partial charge in [-0.1, -0.05) is 37.3 Å². The highest BCUT2D eigenvalue weighted by atomic mass is 32.1. The number of benzene rings is 1. The van der Waals surface area contributed by atoms with E-state index in [-0.39, 0.29) is 27.5 Å². The molecule has 4 aliphatic carbocycles. The van der Waals surface area contributed by atoms with E-state index in [9.17, 15) is 9.90 Å². The van der Waals surface area contributed by atoms with Gasteiger partial charge in [0.2, 0.25) is 0 Å². The minimum absolute atomic E-state index is 0.00504. The Kier molecular flexibility index (Phi) is 10.3. The van der Waals surface area contributed by atoms with Gasteiger partial charge in [-0.3, -0.25) is 4.68 Å². The molecule has 0 saturated heterocycles. The predicted molar refractivity (Wildman–Crippen MR) is 231 cm³/mol. The largest absolute Gasteiger partial charge is 0.476 e. The van der Waals surface area contributed by atoms with Gasteiger partial charge in [0.05, 0.1) is 28.6 Å². The van der Waals surface area contributed by atoms with Crippen LogP contribution in [0.2, 0.25) is 0 Å². The Labute approximate surface area is 350 Å². The summed E-state index contributed by atoms with van der Waals surface area (Å²) in [7, 11) is 3.93. The molecule has 0 amide bonds. The number of carbonyl (C=O) groups is 1. The summed E-state index contributed by atoms with van der Waals surface area (Å²) in [6.45, 7) is 13.9. The Bertz CT molecular complexity index is 2340. The summed E-state index contributed by atoms with van der Waals surface area (Å²) in [5, 5.41) is 29.0. The normalized spacial score (nSPS) is 25.9. The minimum atomic E-state index is -1.07. The second-order valence-electron chi connectivity index (χ2n) is 18.9. The lowest BCUT2D eigenvalue weighted by Gasteiger charge is -2.69. The number of carboxylic acids is 1. The van der Waals surface area contributed by atoms with E-state index in [1.54, 1.807) is 18.4 Å². The summed E-state index contributed by atoms with van der Waals surface area (Å²) in [5.41, 5.74) is 5.70. The summed E-state index contributed by atoms with van der Waals surface area (Å²) < 4.78 is 15.5. The Morgan fingerprint density at radius 1 is 0.966 bits per heavy atom. The Morgan fingerprint density at radius 2 is 1.76 bits per heavy atom. The van der Waals surface area contributed by atoms with E-state index >= 15 is 0 Å². The Morgan fingerprint density at radius 3 is 2.53 bits per heavy atom. The SMILES string of the molecule is COCCCN(C)CCO[C@]12C[C@@]3(C)C[C@](C)(C[C@](Cn4ncc(-c5ccc(N6CCCc7c6nnc(Nc6nc8ccccc8s6)c7C)nc5C(=O)O)c4C)(C3)C1)C2. The number of nitrogens with zero attached hydrogens (tertiary/aromatic N) is 8. The lowest BCUT2D eigenvalue weighted by molar-refractivity contribution is -0.248. The molecule has 2 N–H and O–H groups in total. The molecular formula is C45H57N9O4S. The summed E-state index contributed by atoms with van der Waals surface area (Å²) in [5.74, 6) is 0.842. The van der Waals surface area contributed by atoms with E-state index in [1.807, 2.05) is 41.4 Å². The Hall–Kier alpha value is -4.50.